The van der Waals surface area contributed by atoms with E-state index >= 15 is 0 Å². The number of rotatable bonds is 7. The number of allylic oxidation sites excluding steroid dienone is 1. The smallest absolute Gasteiger partial charge is 0.244 e. The highest BCUT2D eigenvalue weighted by molar-refractivity contribution is 7.20. The molecule has 0 aliphatic carbocycles. The maximum absolute atomic E-state index is 14.2. The van der Waals surface area contributed by atoms with Crippen molar-refractivity contribution in [3.05, 3.63) is 184 Å². The molecule has 2 nitrogen and oxygen atoms in total. The molecule has 0 atom stereocenters. The van der Waals surface area contributed by atoms with Crippen LogP contribution < -0.4 is 26.4 Å². The van der Waals surface area contributed by atoms with Crippen molar-refractivity contribution < 1.29 is 110 Å². The molecule has 0 aliphatic heterocycles. The van der Waals surface area contributed by atoms with Crippen molar-refractivity contribution in [2.45, 2.75) is 62.9 Å². The third-order valence-corrected chi connectivity index (χ3v) is 10.8. The van der Waals surface area contributed by atoms with Gasteiger partial charge in [-0.25, -0.2) is 4.98 Å². The highest BCUT2D eigenvalue weighted by atomic mass is 19.4. The standard InChI is InChI=1S/C32H12BF24.C14H15N2/c34-25(35,36)13-1-14(26(37,38)39)6-21(5-13)33(22-7-15(27(40,41)42)2-16(8-22)28(43,44)45,23-9-17(29(46,47)48)3-18(10-23)30(49,50)51)24-11-19(31(52,53)54)4-20(12-24)32(55,56)57;1-2-6-14-12-16(10-9-15-14)11-13-7-4-3-5-8-13/h1-12H;2-10,12H,11H2,1H3/q-1;+1. The maximum Gasteiger partial charge on any atom is 0.416 e. The molecule has 27 heteroatoms. The number of hydrogen-bond donors (Lipinski definition) is 0. The minimum atomic E-state index is -6.13. The molecular weight excluding hydrogens is 1050 g/mol. The third-order valence-electron chi connectivity index (χ3n) is 10.8. The van der Waals surface area contributed by atoms with Crippen molar-refractivity contribution in [2.24, 2.45) is 0 Å². The second-order valence-electron chi connectivity index (χ2n) is 15.9. The van der Waals surface area contributed by atoms with E-state index in [-0.39, 0.29) is 0 Å². The van der Waals surface area contributed by atoms with Crippen LogP contribution in [0.1, 0.15) is 62.7 Å². The van der Waals surface area contributed by atoms with Crippen LogP contribution in [-0.4, -0.2) is 11.1 Å². The van der Waals surface area contributed by atoms with Gasteiger partial charge in [-0.15, -0.1) is 0 Å². The molecule has 0 spiro atoms. The molecule has 0 unspecified atom stereocenters. The Labute approximate surface area is 395 Å². The van der Waals surface area contributed by atoms with Gasteiger partial charge in [-0.3, -0.25) is 0 Å². The van der Waals surface area contributed by atoms with Gasteiger partial charge in [0.2, 0.25) is 0 Å². The lowest BCUT2D eigenvalue weighted by Gasteiger charge is -2.46. The highest BCUT2D eigenvalue weighted by Gasteiger charge is 2.47. The number of hydrogen-bond acceptors (Lipinski definition) is 1. The van der Waals surface area contributed by atoms with E-state index in [1.54, 1.807) is 0 Å². The van der Waals surface area contributed by atoms with Gasteiger partial charge in [0, 0.05) is 5.56 Å². The second kappa shape index (κ2) is 20.0. The topological polar surface area (TPSA) is 16.8 Å². The van der Waals surface area contributed by atoms with Gasteiger partial charge in [-0.1, -0.05) is 84.9 Å². The molecule has 0 amide bonds. The number of halogens is 24. The lowest BCUT2D eigenvalue weighted by molar-refractivity contribution is -0.689. The summed E-state index contributed by atoms with van der Waals surface area (Å²) in [4.78, 5) is 4.26. The Morgan fingerprint density at radius 1 is 0.397 bits per heavy atom. The zero-order valence-corrected chi connectivity index (χ0v) is 36.0. The van der Waals surface area contributed by atoms with E-state index < -0.39 is 195 Å². The summed E-state index contributed by atoms with van der Waals surface area (Å²) >= 11 is 0. The van der Waals surface area contributed by atoms with Gasteiger partial charge in [-0.05, 0) is 37.3 Å². The summed E-state index contributed by atoms with van der Waals surface area (Å²) in [5.74, 6) is 0. The quantitative estimate of drug-likeness (QED) is 0.0884. The Hall–Kier alpha value is -6.70. The fourth-order valence-corrected chi connectivity index (χ4v) is 7.67. The van der Waals surface area contributed by atoms with Gasteiger partial charge in [0.05, 0.1) is 50.7 Å². The van der Waals surface area contributed by atoms with Crippen molar-refractivity contribution in [2.75, 3.05) is 0 Å². The van der Waals surface area contributed by atoms with Gasteiger partial charge < -0.3 is 0 Å². The summed E-state index contributed by atoms with van der Waals surface area (Å²) in [6.07, 6.45) is -44.9. The van der Waals surface area contributed by atoms with E-state index in [1.807, 2.05) is 43.7 Å². The largest absolute Gasteiger partial charge is 0.416 e. The zero-order valence-electron chi connectivity index (χ0n) is 36.0. The average Bonchev–Trinajstić information content (AvgIpc) is 3.25. The molecule has 0 N–H and O–H groups in total. The van der Waals surface area contributed by atoms with Gasteiger partial charge in [-0.2, -0.15) is 132 Å². The van der Waals surface area contributed by atoms with E-state index in [0.717, 1.165) is 12.2 Å². The van der Waals surface area contributed by atoms with Crippen LogP contribution in [0.3, 0.4) is 0 Å². The summed E-state index contributed by atoms with van der Waals surface area (Å²) in [5, 5.41) is 0. The number of nitrogens with zero attached hydrogens (tertiary/aromatic N) is 2. The average molecular weight is 1070 g/mol. The fraction of sp³-hybridized carbons (Fsp3) is 0.217. The first-order valence-corrected chi connectivity index (χ1v) is 20.0. The van der Waals surface area contributed by atoms with Crippen molar-refractivity contribution in [3.8, 4) is 0 Å². The fourth-order valence-electron chi connectivity index (χ4n) is 7.67. The summed E-state index contributed by atoms with van der Waals surface area (Å²) < 4.78 is 343. The molecule has 0 aliphatic rings. The van der Waals surface area contributed by atoms with Crippen molar-refractivity contribution in [1.29, 1.82) is 0 Å². The van der Waals surface area contributed by atoms with Gasteiger partial charge in [0.15, 0.2) is 18.9 Å². The summed E-state index contributed by atoms with van der Waals surface area (Å²) in [5.41, 5.74) is -27.9. The van der Waals surface area contributed by atoms with Crippen LogP contribution in [-0.2, 0) is 56.0 Å². The van der Waals surface area contributed by atoms with Crippen LogP contribution in [0.15, 0.2) is 128 Å². The molecular formula is C46H27BF24N2. The first-order valence-electron chi connectivity index (χ1n) is 20.0. The van der Waals surface area contributed by atoms with E-state index in [2.05, 4.69) is 33.8 Å². The molecule has 1 aromatic heterocycles. The van der Waals surface area contributed by atoms with E-state index in [9.17, 15) is 105 Å². The minimum absolute atomic E-state index is 0.691. The molecule has 0 saturated heterocycles. The summed E-state index contributed by atoms with van der Waals surface area (Å²) in [6.45, 7) is 2.88. The predicted octanol–water partition coefficient (Wildman–Crippen LogP) is 13.7. The van der Waals surface area contributed by atoms with Gasteiger partial charge in [0.1, 0.15) is 11.8 Å². The predicted molar refractivity (Wildman–Crippen MR) is 215 cm³/mol. The first-order chi connectivity index (χ1) is 33.1. The molecule has 0 saturated carbocycles. The zero-order chi connectivity index (χ0) is 55.1. The Balaban J connectivity index is 0.000000520. The lowest BCUT2D eigenvalue weighted by Crippen LogP contribution is -2.75. The Morgan fingerprint density at radius 3 is 0.890 bits per heavy atom. The summed E-state index contributed by atoms with van der Waals surface area (Å²) in [6, 6.07) is 1.60. The van der Waals surface area contributed by atoms with Crippen LogP contribution in [0, 0.1) is 0 Å². The number of benzene rings is 5. The normalized spacial score (nSPS) is 13.5. The van der Waals surface area contributed by atoms with Gasteiger partial charge in [0.25, 0.3) is 0 Å². The minimum Gasteiger partial charge on any atom is -0.244 e. The van der Waals surface area contributed by atoms with Crippen LogP contribution in [0.2, 0.25) is 0 Å². The third kappa shape index (κ3) is 13.7. The number of alkyl halides is 24. The monoisotopic (exact) mass is 1070 g/mol. The summed E-state index contributed by atoms with van der Waals surface area (Å²) in [7, 11) is 0. The second-order valence-corrected chi connectivity index (χ2v) is 15.9. The molecule has 5 aromatic carbocycles. The number of aromatic nitrogens is 2. The van der Waals surface area contributed by atoms with Crippen LogP contribution in [0.5, 0.6) is 0 Å². The van der Waals surface area contributed by atoms with E-state index in [1.165, 1.54) is 5.56 Å². The molecule has 0 radical (unpaired) electrons. The van der Waals surface area contributed by atoms with Gasteiger partial charge >= 0.3 is 49.4 Å². The van der Waals surface area contributed by atoms with E-state index in [4.69, 9.17) is 0 Å². The van der Waals surface area contributed by atoms with Crippen LogP contribution >= 0.6 is 0 Å². The van der Waals surface area contributed by atoms with Crippen molar-refractivity contribution >= 4 is 34.1 Å². The van der Waals surface area contributed by atoms with Crippen LogP contribution in [0.4, 0.5) is 105 Å². The Morgan fingerprint density at radius 2 is 0.658 bits per heavy atom. The Kier molecular flexibility index (Phi) is 15.6. The lowest BCUT2D eigenvalue weighted by atomic mass is 9.12. The van der Waals surface area contributed by atoms with Crippen molar-refractivity contribution in [3.63, 3.8) is 0 Å². The SMILES string of the molecule is CC=Cc1c[n+](Cc2ccccc2)ccn1.FC(F)(F)c1cc([B-](c2cc(C(F)(F)F)cc(C(F)(F)F)c2)(c2cc(C(F)(F)F)cc(C(F)(F)F)c2)c2cc(C(F)(F)F)cc(C(F)(F)F)c2)cc(C(F)(F)F)c1. The molecule has 73 heavy (non-hydrogen) atoms. The van der Waals surface area contributed by atoms with Crippen molar-refractivity contribution in [1.82, 2.24) is 4.98 Å². The molecule has 0 bridgehead atoms. The first kappa shape index (κ1) is 57.2. The molecule has 6 rings (SSSR count). The van der Waals surface area contributed by atoms with E-state index in [0.29, 0.717) is 0 Å². The molecule has 6 aromatic rings. The maximum atomic E-state index is 14.2. The molecule has 1 heterocycles. The molecule has 392 valence electrons. The highest BCUT2D eigenvalue weighted by Crippen LogP contribution is 2.41. The van der Waals surface area contributed by atoms with Crippen LogP contribution in [0.25, 0.3) is 6.08 Å². The molecule has 0 fully saturated rings. The Bertz CT molecular complexity index is 2500.